The number of fused-ring (bicyclic) bond motifs is 1. The lowest BCUT2D eigenvalue weighted by atomic mass is 9.85. The number of nitrogens with one attached hydrogen (secondary N) is 2. The SMILES string of the molecule is CCNC(=O)NC(=O)COC(=O)[C@H](C)N1C(=O)[C@@H]2CC=CC[C@H]2C1=O. The summed E-state index contributed by atoms with van der Waals surface area (Å²) in [6, 6.07) is -1.82. The first kappa shape index (κ1) is 18.6. The van der Waals surface area contributed by atoms with E-state index >= 15 is 0 Å². The molecule has 2 aliphatic rings. The van der Waals surface area contributed by atoms with Crippen LogP contribution in [0.2, 0.25) is 0 Å². The Bertz CT molecular complexity index is 603. The molecule has 136 valence electrons. The Hall–Kier alpha value is -2.71. The zero-order valence-electron chi connectivity index (χ0n) is 14.1. The highest BCUT2D eigenvalue weighted by Gasteiger charge is 2.50. The smallest absolute Gasteiger partial charge is 0.329 e. The highest BCUT2D eigenvalue weighted by atomic mass is 16.5. The number of hydrogen-bond acceptors (Lipinski definition) is 6. The molecule has 1 aliphatic heterocycles. The van der Waals surface area contributed by atoms with E-state index in [9.17, 15) is 24.0 Å². The number of nitrogens with zero attached hydrogens (tertiary/aromatic N) is 1. The van der Waals surface area contributed by atoms with Crippen LogP contribution in [0.25, 0.3) is 0 Å². The molecule has 0 aromatic heterocycles. The molecule has 2 rings (SSSR count). The number of likely N-dealkylation sites (tertiary alicyclic amines) is 1. The minimum absolute atomic E-state index is 0.340. The van der Waals surface area contributed by atoms with Crippen LogP contribution in [0.4, 0.5) is 4.79 Å². The average molecular weight is 351 g/mol. The maximum Gasteiger partial charge on any atom is 0.329 e. The van der Waals surface area contributed by atoms with Gasteiger partial charge in [0, 0.05) is 6.54 Å². The third-order valence-electron chi connectivity index (χ3n) is 4.21. The van der Waals surface area contributed by atoms with Gasteiger partial charge in [0.25, 0.3) is 5.91 Å². The van der Waals surface area contributed by atoms with Crippen LogP contribution in [0.15, 0.2) is 12.2 Å². The predicted molar refractivity (Wildman–Crippen MR) is 84.8 cm³/mol. The Kier molecular flexibility index (Phi) is 5.89. The average Bonchev–Trinajstić information content (AvgIpc) is 2.84. The summed E-state index contributed by atoms with van der Waals surface area (Å²) < 4.78 is 4.81. The molecule has 9 nitrogen and oxygen atoms in total. The van der Waals surface area contributed by atoms with Gasteiger partial charge in [0.1, 0.15) is 6.04 Å². The molecule has 3 atom stereocenters. The summed E-state index contributed by atoms with van der Waals surface area (Å²) in [7, 11) is 0. The lowest BCUT2D eigenvalue weighted by Crippen LogP contribution is -2.46. The lowest BCUT2D eigenvalue weighted by molar-refractivity contribution is -0.159. The summed E-state index contributed by atoms with van der Waals surface area (Å²) in [6.07, 6.45) is 4.65. The van der Waals surface area contributed by atoms with Gasteiger partial charge in [0.15, 0.2) is 6.61 Å². The number of allylic oxidation sites excluding steroid dienone is 2. The van der Waals surface area contributed by atoms with Crippen LogP contribution in [0.3, 0.4) is 0 Å². The quantitative estimate of drug-likeness (QED) is 0.399. The van der Waals surface area contributed by atoms with Crippen LogP contribution >= 0.6 is 0 Å². The van der Waals surface area contributed by atoms with Gasteiger partial charge >= 0.3 is 12.0 Å². The largest absolute Gasteiger partial charge is 0.454 e. The van der Waals surface area contributed by atoms with E-state index in [1.165, 1.54) is 6.92 Å². The van der Waals surface area contributed by atoms with E-state index in [0.29, 0.717) is 19.4 Å². The van der Waals surface area contributed by atoms with Gasteiger partial charge in [-0.25, -0.2) is 9.59 Å². The summed E-state index contributed by atoms with van der Waals surface area (Å²) in [4.78, 5) is 60.5. The van der Waals surface area contributed by atoms with Crippen molar-refractivity contribution in [2.45, 2.75) is 32.7 Å². The monoisotopic (exact) mass is 351 g/mol. The van der Waals surface area contributed by atoms with Gasteiger partial charge in [-0.05, 0) is 26.7 Å². The van der Waals surface area contributed by atoms with Crippen molar-refractivity contribution in [1.82, 2.24) is 15.5 Å². The number of hydrogen-bond donors (Lipinski definition) is 2. The molecule has 1 aliphatic carbocycles. The van der Waals surface area contributed by atoms with Crippen LogP contribution in [0.1, 0.15) is 26.7 Å². The van der Waals surface area contributed by atoms with Crippen molar-refractivity contribution in [2.24, 2.45) is 11.8 Å². The van der Waals surface area contributed by atoms with Gasteiger partial charge in [0.05, 0.1) is 11.8 Å². The summed E-state index contributed by atoms with van der Waals surface area (Å²) in [5.74, 6) is -3.34. The highest BCUT2D eigenvalue weighted by molar-refractivity contribution is 6.08. The van der Waals surface area contributed by atoms with E-state index in [0.717, 1.165) is 4.90 Å². The predicted octanol–water partition coefficient (Wildman–Crippen LogP) is -0.285. The maximum atomic E-state index is 12.4. The van der Waals surface area contributed by atoms with Crippen molar-refractivity contribution in [3.63, 3.8) is 0 Å². The molecule has 0 bridgehead atoms. The molecule has 0 radical (unpaired) electrons. The Balaban J connectivity index is 1.90. The number of amides is 5. The number of ether oxygens (including phenoxy) is 1. The number of rotatable bonds is 5. The van der Waals surface area contributed by atoms with E-state index in [1.54, 1.807) is 6.92 Å². The Labute approximate surface area is 144 Å². The van der Waals surface area contributed by atoms with Crippen LogP contribution in [-0.2, 0) is 23.9 Å². The van der Waals surface area contributed by atoms with Gasteiger partial charge in [-0.1, -0.05) is 12.2 Å². The molecule has 1 fully saturated rings. The summed E-state index contributed by atoms with van der Waals surface area (Å²) in [6.45, 7) is 2.73. The molecule has 25 heavy (non-hydrogen) atoms. The standard InChI is InChI=1S/C16H21N3O6/c1-3-17-16(24)18-12(20)8-25-15(23)9(2)19-13(21)10-6-4-5-7-11(10)14(19)22/h4-5,9-11H,3,6-8H2,1-2H3,(H2,17,18,20,24)/t9-,10+,11+/m0/s1. The first-order valence-electron chi connectivity index (χ1n) is 8.13. The van der Waals surface area contributed by atoms with E-state index in [2.05, 4.69) is 5.32 Å². The minimum Gasteiger partial charge on any atom is -0.454 e. The maximum absolute atomic E-state index is 12.4. The fourth-order valence-corrected chi connectivity index (χ4v) is 2.94. The number of imide groups is 2. The van der Waals surface area contributed by atoms with Crippen LogP contribution in [0, 0.1) is 11.8 Å². The number of urea groups is 1. The first-order chi connectivity index (χ1) is 11.9. The van der Waals surface area contributed by atoms with Crippen molar-refractivity contribution in [3.8, 4) is 0 Å². The van der Waals surface area contributed by atoms with Gasteiger partial charge in [-0.2, -0.15) is 0 Å². The number of carbonyl (C=O) groups is 5. The third-order valence-corrected chi connectivity index (χ3v) is 4.21. The molecule has 5 amide bonds. The van der Waals surface area contributed by atoms with E-state index < -0.39 is 54.2 Å². The van der Waals surface area contributed by atoms with Crippen molar-refractivity contribution in [2.75, 3.05) is 13.2 Å². The van der Waals surface area contributed by atoms with Gasteiger partial charge in [-0.3, -0.25) is 24.6 Å². The molecule has 1 heterocycles. The summed E-state index contributed by atoms with van der Waals surface area (Å²) >= 11 is 0. The van der Waals surface area contributed by atoms with Crippen molar-refractivity contribution >= 4 is 29.7 Å². The van der Waals surface area contributed by atoms with Crippen LogP contribution < -0.4 is 10.6 Å². The molecule has 9 heteroatoms. The fraction of sp³-hybridized carbons (Fsp3) is 0.562. The molecular formula is C16H21N3O6. The van der Waals surface area contributed by atoms with Gasteiger partial charge in [-0.15, -0.1) is 0 Å². The van der Waals surface area contributed by atoms with Crippen molar-refractivity contribution in [1.29, 1.82) is 0 Å². The van der Waals surface area contributed by atoms with Crippen LogP contribution in [-0.4, -0.2) is 53.8 Å². The van der Waals surface area contributed by atoms with Gasteiger partial charge in [0.2, 0.25) is 11.8 Å². The molecule has 0 aromatic carbocycles. The number of carbonyl (C=O) groups excluding carboxylic acids is 5. The summed E-state index contributed by atoms with van der Waals surface area (Å²) in [5, 5.41) is 4.34. The molecular weight excluding hydrogens is 330 g/mol. The topological polar surface area (TPSA) is 122 Å². The zero-order chi connectivity index (χ0) is 18.6. The highest BCUT2D eigenvalue weighted by Crippen LogP contribution is 2.36. The molecule has 0 spiro atoms. The Morgan fingerprint density at radius 1 is 1.20 bits per heavy atom. The molecule has 0 unspecified atom stereocenters. The molecule has 0 aromatic rings. The van der Waals surface area contributed by atoms with E-state index in [4.69, 9.17) is 4.74 Å². The molecule has 2 N–H and O–H groups in total. The second-order valence-corrected chi connectivity index (χ2v) is 5.89. The normalized spacial score (nSPS) is 23.0. The van der Waals surface area contributed by atoms with E-state index in [-0.39, 0.29) is 0 Å². The number of esters is 1. The van der Waals surface area contributed by atoms with Gasteiger partial charge < -0.3 is 10.1 Å². The molecule has 1 saturated heterocycles. The summed E-state index contributed by atoms with van der Waals surface area (Å²) in [5.41, 5.74) is 0. The van der Waals surface area contributed by atoms with Crippen molar-refractivity contribution < 1.29 is 28.7 Å². The van der Waals surface area contributed by atoms with Crippen LogP contribution in [0.5, 0.6) is 0 Å². The van der Waals surface area contributed by atoms with E-state index in [1.807, 2.05) is 17.5 Å². The third kappa shape index (κ3) is 4.04. The fourth-order valence-electron chi connectivity index (χ4n) is 2.94. The first-order valence-corrected chi connectivity index (χ1v) is 8.13. The Morgan fingerprint density at radius 2 is 1.76 bits per heavy atom. The Morgan fingerprint density at radius 3 is 2.28 bits per heavy atom. The zero-order valence-corrected chi connectivity index (χ0v) is 14.1. The molecule has 0 saturated carbocycles. The second kappa shape index (κ2) is 7.91. The second-order valence-electron chi connectivity index (χ2n) is 5.89. The lowest BCUT2D eigenvalue weighted by Gasteiger charge is -2.21. The van der Waals surface area contributed by atoms with Crippen molar-refractivity contribution in [3.05, 3.63) is 12.2 Å². The minimum atomic E-state index is -1.12.